The molecule has 3 atom stereocenters. The minimum absolute atomic E-state index is 0.261. The lowest BCUT2D eigenvalue weighted by Crippen LogP contribution is -2.46. The maximum atomic E-state index is 12.6. The first-order valence-electron chi connectivity index (χ1n) is 8.34. The first-order chi connectivity index (χ1) is 12.5. The van der Waals surface area contributed by atoms with Crippen LogP contribution in [0.2, 0.25) is 5.02 Å². The number of anilines is 1. The van der Waals surface area contributed by atoms with Crippen molar-refractivity contribution in [2.75, 3.05) is 5.32 Å². The number of benzene rings is 1. The van der Waals surface area contributed by atoms with E-state index in [2.05, 4.69) is 10.3 Å². The van der Waals surface area contributed by atoms with Gasteiger partial charge in [-0.2, -0.15) is 0 Å². The van der Waals surface area contributed by atoms with Crippen molar-refractivity contribution in [3.8, 4) is 0 Å². The van der Waals surface area contributed by atoms with Crippen LogP contribution in [0.4, 0.5) is 5.13 Å². The van der Waals surface area contributed by atoms with Crippen molar-refractivity contribution in [2.24, 2.45) is 11.8 Å². The number of rotatable bonds is 3. The van der Waals surface area contributed by atoms with Crippen LogP contribution in [0, 0.1) is 11.8 Å². The number of hydrogen-bond donors (Lipinski definition) is 1. The number of imide groups is 1. The largest absolute Gasteiger partial charge is 0.300 e. The molecule has 0 bridgehead atoms. The number of likely N-dealkylation sites (tertiary alicyclic amines) is 1. The molecule has 0 spiro atoms. The van der Waals surface area contributed by atoms with E-state index in [-0.39, 0.29) is 23.7 Å². The lowest BCUT2D eigenvalue weighted by molar-refractivity contribution is -0.146. The zero-order chi connectivity index (χ0) is 18.4. The van der Waals surface area contributed by atoms with Crippen molar-refractivity contribution >= 4 is 56.0 Å². The molecule has 2 heterocycles. The second-order valence-corrected chi connectivity index (χ2v) is 7.97. The molecule has 1 fully saturated rings. The van der Waals surface area contributed by atoms with Crippen LogP contribution < -0.4 is 5.32 Å². The Morgan fingerprint density at radius 3 is 2.58 bits per heavy atom. The maximum absolute atomic E-state index is 12.6. The molecular formula is C18H16ClN3O3S. The normalized spacial score (nSPS) is 23.4. The Morgan fingerprint density at radius 2 is 1.92 bits per heavy atom. The third-order valence-corrected chi connectivity index (χ3v) is 6.06. The topological polar surface area (TPSA) is 79.4 Å². The molecule has 1 aromatic carbocycles. The minimum atomic E-state index is -0.879. The summed E-state index contributed by atoms with van der Waals surface area (Å²) in [6.07, 6.45) is 4.96. The van der Waals surface area contributed by atoms with Crippen molar-refractivity contribution in [3.63, 3.8) is 0 Å². The molecule has 1 aliphatic carbocycles. The molecule has 134 valence electrons. The van der Waals surface area contributed by atoms with E-state index in [0.717, 1.165) is 15.1 Å². The molecule has 1 N–H and O–H groups in total. The van der Waals surface area contributed by atoms with Gasteiger partial charge in [-0.05, 0) is 38.0 Å². The summed E-state index contributed by atoms with van der Waals surface area (Å²) in [6, 6.07) is 4.41. The molecule has 4 rings (SSSR count). The van der Waals surface area contributed by atoms with Crippen LogP contribution >= 0.6 is 22.9 Å². The second kappa shape index (κ2) is 6.48. The molecule has 26 heavy (non-hydrogen) atoms. The van der Waals surface area contributed by atoms with Gasteiger partial charge >= 0.3 is 0 Å². The van der Waals surface area contributed by atoms with Crippen LogP contribution in [0.3, 0.4) is 0 Å². The fourth-order valence-electron chi connectivity index (χ4n) is 3.49. The van der Waals surface area contributed by atoms with E-state index >= 15 is 0 Å². The number of nitrogens with zero attached hydrogens (tertiary/aromatic N) is 2. The number of fused-ring (bicyclic) bond motifs is 2. The molecule has 1 saturated heterocycles. The smallest absolute Gasteiger partial charge is 0.249 e. The molecule has 6 nitrogen and oxygen atoms in total. The lowest BCUT2D eigenvalue weighted by atomic mass is 9.85. The summed E-state index contributed by atoms with van der Waals surface area (Å²) in [5.41, 5.74) is 0.729. The highest BCUT2D eigenvalue weighted by Crippen LogP contribution is 2.36. The van der Waals surface area contributed by atoms with Crippen molar-refractivity contribution in [1.82, 2.24) is 9.88 Å². The van der Waals surface area contributed by atoms with E-state index in [1.807, 2.05) is 12.2 Å². The molecule has 0 radical (unpaired) electrons. The van der Waals surface area contributed by atoms with Gasteiger partial charge in [0.05, 0.1) is 22.1 Å². The van der Waals surface area contributed by atoms with Crippen LogP contribution in [0.1, 0.15) is 19.8 Å². The molecule has 1 aliphatic heterocycles. The van der Waals surface area contributed by atoms with Gasteiger partial charge in [-0.1, -0.05) is 35.1 Å². The Hall–Kier alpha value is -2.25. The van der Waals surface area contributed by atoms with Crippen molar-refractivity contribution in [1.29, 1.82) is 0 Å². The Morgan fingerprint density at radius 1 is 1.27 bits per heavy atom. The summed E-state index contributed by atoms with van der Waals surface area (Å²) in [5, 5.41) is 3.72. The van der Waals surface area contributed by atoms with E-state index in [9.17, 15) is 14.4 Å². The summed E-state index contributed by atoms with van der Waals surface area (Å²) >= 11 is 7.26. The van der Waals surface area contributed by atoms with E-state index < -0.39 is 11.9 Å². The van der Waals surface area contributed by atoms with Crippen LogP contribution in [-0.4, -0.2) is 33.6 Å². The summed E-state index contributed by atoms with van der Waals surface area (Å²) < 4.78 is 0.853. The Labute approximate surface area is 158 Å². The van der Waals surface area contributed by atoms with Crippen molar-refractivity contribution in [3.05, 3.63) is 35.4 Å². The summed E-state index contributed by atoms with van der Waals surface area (Å²) in [6.45, 7) is 1.57. The van der Waals surface area contributed by atoms with Gasteiger partial charge < -0.3 is 5.32 Å². The minimum Gasteiger partial charge on any atom is -0.300 e. The Kier molecular flexibility index (Phi) is 4.28. The molecular weight excluding hydrogens is 374 g/mol. The van der Waals surface area contributed by atoms with Gasteiger partial charge in [0, 0.05) is 5.02 Å². The predicted molar refractivity (Wildman–Crippen MR) is 99.9 cm³/mol. The number of halogens is 1. The molecule has 0 unspecified atom stereocenters. The summed E-state index contributed by atoms with van der Waals surface area (Å²) in [5.74, 6) is -1.63. The predicted octanol–water partition coefficient (Wildman–Crippen LogP) is 3.23. The number of allylic oxidation sites excluding steroid dienone is 2. The summed E-state index contributed by atoms with van der Waals surface area (Å²) in [7, 11) is 0. The standard InChI is InChI=1S/C18H16ClN3O3S/c1-9(22-16(24)11-4-2-3-5-12(11)17(22)25)15(23)21-18-20-13-7-6-10(19)8-14(13)26-18/h2-3,6-9,11-12H,4-5H2,1H3,(H,20,21,23)/t9-,11-,12+/m0/s1. The summed E-state index contributed by atoms with van der Waals surface area (Å²) in [4.78, 5) is 43.2. The highest BCUT2D eigenvalue weighted by molar-refractivity contribution is 7.22. The third-order valence-electron chi connectivity index (χ3n) is 4.89. The van der Waals surface area contributed by atoms with Crippen LogP contribution in [-0.2, 0) is 14.4 Å². The molecule has 8 heteroatoms. The number of nitrogens with one attached hydrogen (secondary N) is 1. The molecule has 0 saturated carbocycles. The highest BCUT2D eigenvalue weighted by Gasteiger charge is 2.50. The SMILES string of the molecule is C[C@@H](C(=O)Nc1nc2ccc(Cl)cc2s1)N1C(=O)[C@H]2CC=CC[C@H]2C1=O. The average molecular weight is 390 g/mol. The fourth-order valence-corrected chi connectivity index (χ4v) is 4.63. The molecule has 2 aromatic rings. The first-order valence-corrected chi connectivity index (χ1v) is 9.54. The maximum Gasteiger partial charge on any atom is 0.249 e. The third kappa shape index (κ3) is 2.81. The van der Waals surface area contributed by atoms with Gasteiger partial charge in [0.2, 0.25) is 17.7 Å². The van der Waals surface area contributed by atoms with E-state index in [4.69, 9.17) is 11.6 Å². The number of aromatic nitrogens is 1. The van der Waals surface area contributed by atoms with Gasteiger partial charge in [0.1, 0.15) is 6.04 Å². The Bertz CT molecular complexity index is 928. The van der Waals surface area contributed by atoms with Crippen molar-refractivity contribution < 1.29 is 14.4 Å². The number of amides is 3. The zero-order valence-electron chi connectivity index (χ0n) is 13.9. The molecule has 2 aliphatic rings. The number of carbonyl (C=O) groups is 3. The van der Waals surface area contributed by atoms with Gasteiger partial charge in [-0.3, -0.25) is 19.3 Å². The first kappa shape index (κ1) is 17.2. The van der Waals surface area contributed by atoms with Crippen molar-refractivity contribution in [2.45, 2.75) is 25.8 Å². The fraction of sp³-hybridized carbons (Fsp3) is 0.333. The van der Waals surface area contributed by atoms with E-state index in [1.165, 1.54) is 11.3 Å². The second-order valence-electron chi connectivity index (χ2n) is 6.50. The quantitative estimate of drug-likeness (QED) is 0.645. The van der Waals surface area contributed by atoms with Gasteiger partial charge in [0.15, 0.2) is 5.13 Å². The van der Waals surface area contributed by atoms with Crippen LogP contribution in [0.25, 0.3) is 10.2 Å². The van der Waals surface area contributed by atoms with Crippen LogP contribution in [0.5, 0.6) is 0 Å². The Balaban J connectivity index is 1.52. The van der Waals surface area contributed by atoms with Crippen LogP contribution in [0.15, 0.2) is 30.4 Å². The lowest BCUT2D eigenvalue weighted by Gasteiger charge is -2.21. The van der Waals surface area contributed by atoms with Gasteiger partial charge in [-0.15, -0.1) is 0 Å². The number of thiazole rings is 1. The monoisotopic (exact) mass is 389 g/mol. The number of carbonyl (C=O) groups excluding carboxylic acids is 3. The average Bonchev–Trinajstić information content (AvgIpc) is 3.13. The number of hydrogen-bond acceptors (Lipinski definition) is 5. The van der Waals surface area contributed by atoms with E-state index in [1.54, 1.807) is 25.1 Å². The molecule has 3 amide bonds. The van der Waals surface area contributed by atoms with Gasteiger partial charge in [-0.25, -0.2) is 4.98 Å². The highest BCUT2D eigenvalue weighted by atomic mass is 35.5. The molecule has 1 aromatic heterocycles. The zero-order valence-corrected chi connectivity index (χ0v) is 15.5. The van der Waals surface area contributed by atoms with Gasteiger partial charge in [0.25, 0.3) is 0 Å². The van der Waals surface area contributed by atoms with E-state index in [0.29, 0.717) is 23.0 Å².